The second-order valence-electron chi connectivity index (χ2n) is 5.54. The van der Waals surface area contributed by atoms with E-state index in [0.717, 1.165) is 18.4 Å². The first-order valence-electron chi connectivity index (χ1n) is 7.02. The fraction of sp³-hybridized carbons (Fsp3) is 0.533. The Balaban J connectivity index is 2.20. The van der Waals surface area contributed by atoms with Crippen LogP contribution in [0.4, 0.5) is 8.78 Å². The SMILES string of the molecule is NCC(F)(F)CNC(=O)C1(c2cccc(Cl)c2)CCCC1. The fourth-order valence-corrected chi connectivity index (χ4v) is 3.05. The molecule has 0 aromatic heterocycles. The molecule has 1 amide bonds. The van der Waals surface area contributed by atoms with Crippen LogP contribution in [0.2, 0.25) is 5.02 Å². The van der Waals surface area contributed by atoms with Gasteiger partial charge in [-0.3, -0.25) is 4.79 Å². The maximum atomic E-state index is 13.2. The van der Waals surface area contributed by atoms with Gasteiger partial charge < -0.3 is 11.1 Å². The lowest BCUT2D eigenvalue weighted by molar-refractivity contribution is -0.128. The highest BCUT2D eigenvalue weighted by molar-refractivity contribution is 6.30. The lowest BCUT2D eigenvalue weighted by atomic mass is 9.78. The highest BCUT2D eigenvalue weighted by Crippen LogP contribution is 2.42. The number of amides is 1. The van der Waals surface area contributed by atoms with Crippen molar-refractivity contribution in [1.29, 1.82) is 0 Å². The van der Waals surface area contributed by atoms with Crippen molar-refractivity contribution in [3.63, 3.8) is 0 Å². The molecule has 1 aliphatic rings. The highest BCUT2D eigenvalue weighted by Gasteiger charge is 2.43. The van der Waals surface area contributed by atoms with E-state index >= 15 is 0 Å². The third-order valence-corrected chi connectivity index (χ3v) is 4.31. The minimum absolute atomic E-state index is 0.365. The average molecular weight is 317 g/mol. The monoisotopic (exact) mass is 316 g/mol. The molecule has 1 saturated carbocycles. The Morgan fingerprint density at radius 3 is 2.62 bits per heavy atom. The number of alkyl halides is 2. The summed E-state index contributed by atoms with van der Waals surface area (Å²) >= 11 is 5.99. The van der Waals surface area contributed by atoms with Crippen molar-refractivity contribution in [1.82, 2.24) is 5.32 Å². The number of nitrogens with two attached hydrogens (primary N) is 1. The summed E-state index contributed by atoms with van der Waals surface area (Å²) < 4.78 is 26.5. The molecule has 0 aliphatic heterocycles. The van der Waals surface area contributed by atoms with E-state index in [4.69, 9.17) is 17.3 Å². The number of hydrogen-bond donors (Lipinski definition) is 2. The van der Waals surface area contributed by atoms with Crippen LogP contribution in [0.1, 0.15) is 31.2 Å². The van der Waals surface area contributed by atoms with E-state index in [1.165, 1.54) is 0 Å². The highest BCUT2D eigenvalue weighted by atomic mass is 35.5. The van der Waals surface area contributed by atoms with E-state index < -0.39 is 24.4 Å². The van der Waals surface area contributed by atoms with E-state index in [1.807, 2.05) is 6.07 Å². The molecule has 0 radical (unpaired) electrons. The first kappa shape index (κ1) is 16.2. The summed E-state index contributed by atoms with van der Waals surface area (Å²) in [6, 6.07) is 7.08. The molecule has 0 atom stereocenters. The summed E-state index contributed by atoms with van der Waals surface area (Å²) in [7, 11) is 0. The summed E-state index contributed by atoms with van der Waals surface area (Å²) in [4.78, 5) is 12.5. The van der Waals surface area contributed by atoms with Gasteiger partial charge in [-0.15, -0.1) is 0 Å². The maximum Gasteiger partial charge on any atom is 0.277 e. The molecular formula is C15H19ClF2N2O. The molecule has 21 heavy (non-hydrogen) atoms. The van der Waals surface area contributed by atoms with Gasteiger partial charge in [-0.05, 0) is 30.5 Å². The molecule has 116 valence electrons. The molecule has 0 heterocycles. The molecule has 0 spiro atoms. The summed E-state index contributed by atoms with van der Waals surface area (Å²) in [6.07, 6.45) is 3.08. The molecule has 3 nitrogen and oxygen atoms in total. The number of halogens is 3. The largest absolute Gasteiger partial charge is 0.349 e. The summed E-state index contributed by atoms with van der Waals surface area (Å²) in [5, 5.41) is 2.90. The van der Waals surface area contributed by atoms with Gasteiger partial charge in [0.1, 0.15) is 0 Å². The van der Waals surface area contributed by atoms with Gasteiger partial charge in [0.05, 0.1) is 18.5 Å². The van der Waals surface area contributed by atoms with Crippen molar-refractivity contribution >= 4 is 17.5 Å². The van der Waals surface area contributed by atoms with Crippen LogP contribution in [0.15, 0.2) is 24.3 Å². The van der Waals surface area contributed by atoms with E-state index in [-0.39, 0.29) is 5.91 Å². The Morgan fingerprint density at radius 1 is 1.38 bits per heavy atom. The minimum atomic E-state index is -3.08. The number of carbonyl (C=O) groups excluding carboxylic acids is 1. The van der Waals surface area contributed by atoms with Gasteiger partial charge in [0.25, 0.3) is 5.92 Å². The Morgan fingerprint density at radius 2 is 2.05 bits per heavy atom. The number of hydrogen-bond acceptors (Lipinski definition) is 2. The van der Waals surface area contributed by atoms with Crippen LogP contribution in [0.25, 0.3) is 0 Å². The van der Waals surface area contributed by atoms with E-state index in [9.17, 15) is 13.6 Å². The van der Waals surface area contributed by atoms with Crippen molar-refractivity contribution in [2.75, 3.05) is 13.1 Å². The van der Waals surface area contributed by atoms with Gasteiger partial charge in [-0.25, -0.2) is 8.78 Å². The molecule has 3 N–H and O–H groups in total. The smallest absolute Gasteiger partial charge is 0.277 e. The van der Waals surface area contributed by atoms with Crippen LogP contribution in [0.3, 0.4) is 0 Å². The first-order chi connectivity index (χ1) is 9.89. The van der Waals surface area contributed by atoms with Crippen molar-refractivity contribution in [3.8, 4) is 0 Å². The number of nitrogens with one attached hydrogen (secondary N) is 1. The average Bonchev–Trinajstić information content (AvgIpc) is 2.96. The van der Waals surface area contributed by atoms with E-state index in [2.05, 4.69) is 5.32 Å². The molecule has 1 aromatic rings. The lowest BCUT2D eigenvalue weighted by Gasteiger charge is -2.29. The summed E-state index contributed by atoms with van der Waals surface area (Å²) in [5.41, 5.74) is 5.03. The van der Waals surface area contributed by atoms with Gasteiger partial charge in [-0.1, -0.05) is 36.6 Å². The Hall–Kier alpha value is -1.20. The van der Waals surface area contributed by atoms with Gasteiger partial charge in [0.2, 0.25) is 5.91 Å². The fourth-order valence-electron chi connectivity index (χ4n) is 2.86. The van der Waals surface area contributed by atoms with Crippen LogP contribution >= 0.6 is 11.6 Å². The topological polar surface area (TPSA) is 55.1 Å². The van der Waals surface area contributed by atoms with Crippen LogP contribution in [-0.2, 0) is 10.2 Å². The second kappa shape index (κ2) is 6.28. The van der Waals surface area contributed by atoms with Crippen LogP contribution in [-0.4, -0.2) is 24.9 Å². The zero-order valence-electron chi connectivity index (χ0n) is 11.7. The predicted molar refractivity (Wildman–Crippen MR) is 78.6 cm³/mol. The Labute approximate surface area is 127 Å². The maximum absolute atomic E-state index is 13.2. The van der Waals surface area contributed by atoms with Gasteiger partial charge >= 0.3 is 0 Å². The van der Waals surface area contributed by atoms with Crippen molar-refractivity contribution < 1.29 is 13.6 Å². The van der Waals surface area contributed by atoms with Crippen molar-refractivity contribution in [3.05, 3.63) is 34.9 Å². The van der Waals surface area contributed by atoms with E-state index in [0.29, 0.717) is 17.9 Å². The molecule has 0 saturated heterocycles. The van der Waals surface area contributed by atoms with Gasteiger partial charge in [0, 0.05) is 5.02 Å². The molecule has 1 fully saturated rings. The summed E-state index contributed by atoms with van der Waals surface area (Å²) in [5.74, 6) is -3.44. The molecule has 6 heteroatoms. The van der Waals surface area contributed by atoms with Crippen LogP contribution in [0, 0.1) is 0 Å². The van der Waals surface area contributed by atoms with E-state index in [1.54, 1.807) is 18.2 Å². The number of benzene rings is 1. The molecular weight excluding hydrogens is 298 g/mol. The Kier molecular flexibility index (Phi) is 4.84. The van der Waals surface area contributed by atoms with Gasteiger partial charge in [0.15, 0.2) is 0 Å². The minimum Gasteiger partial charge on any atom is -0.349 e. The molecule has 1 aromatic carbocycles. The zero-order chi connectivity index (χ0) is 15.5. The van der Waals surface area contributed by atoms with Gasteiger partial charge in [-0.2, -0.15) is 0 Å². The lowest BCUT2D eigenvalue weighted by Crippen LogP contribution is -2.48. The standard InChI is InChI=1S/C15H19ClF2N2O/c16-12-5-3-4-11(8-12)14(6-1-2-7-14)13(21)20-10-15(17,18)9-19/h3-5,8H,1-2,6-7,9-10,19H2,(H,20,21). The molecule has 0 unspecified atom stereocenters. The van der Waals surface area contributed by atoms with Crippen molar-refractivity contribution in [2.45, 2.75) is 37.0 Å². The first-order valence-corrected chi connectivity index (χ1v) is 7.40. The second-order valence-corrected chi connectivity index (χ2v) is 5.98. The molecule has 1 aliphatic carbocycles. The normalized spacial score (nSPS) is 17.7. The van der Waals surface area contributed by atoms with Crippen LogP contribution < -0.4 is 11.1 Å². The molecule has 0 bridgehead atoms. The number of rotatable bonds is 5. The predicted octanol–water partition coefficient (Wildman–Crippen LogP) is 2.86. The summed E-state index contributed by atoms with van der Waals surface area (Å²) in [6.45, 7) is -1.51. The third-order valence-electron chi connectivity index (χ3n) is 4.08. The third kappa shape index (κ3) is 3.52. The number of carbonyl (C=O) groups is 1. The Bertz CT molecular complexity index is 516. The molecule has 2 rings (SSSR count). The van der Waals surface area contributed by atoms with Crippen LogP contribution in [0.5, 0.6) is 0 Å². The van der Waals surface area contributed by atoms with Crippen molar-refractivity contribution in [2.24, 2.45) is 5.73 Å². The quantitative estimate of drug-likeness (QED) is 0.877. The zero-order valence-corrected chi connectivity index (χ0v) is 12.4.